The first kappa shape index (κ1) is 15.7. The molecule has 0 rings (SSSR count). The number of carbonyl (C=O) groups excluding carboxylic acids is 1. The Morgan fingerprint density at radius 2 is 2.06 bits per heavy atom. The quantitative estimate of drug-likeness (QED) is 0.529. The van der Waals surface area contributed by atoms with Gasteiger partial charge in [-0.25, -0.2) is 9.59 Å². The molecule has 17 heavy (non-hydrogen) atoms. The zero-order valence-electron chi connectivity index (χ0n) is 10.5. The highest BCUT2D eigenvalue weighted by molar-refractivity contribution is 5.82. The Labute approximate surface area is 102 Å². The maximum atomic E-state index is 11.4. The van der Waals surface area contributed by atoms with Gasteiger partial charge in [-0.15, -0.1) is 0 Å². The third kappa shape index (κ3) is 8.50. The molecule has 0 aliphatic rings. The number of carbonyl (C=O) groups is 2. The molecule has 6 heteroatoms. The highest BCUT2D eigenvalue weighted by Gasteiger charge is 2.18. The van der Waals surface area contributed by atoms with E-state index in [4.69, 9.17) is 9.84 Å². The summed E-state index contributed by atoms with van der Waals surface area (Å²) < 4.78 is 4.83. The fourth-order valence-corrected chi connectivity index (χ4v) is 1.29. The molecule has 0 aromatic rings. The maximum absolute atomic E-state index is 11.4. The van der Waals surface area contributed by atoms with Crippen molar-refractivity contribution in [2.24, 2.45) is 0 Å². The number of carboxylic acids is 1. The lowest BCUT2D eigenvalue weighted by atomic mass is 10.1. The third-order valence-corrected chi connectivity index (χ3v) is 2.26. The summed E-state index contributed by atoms with van der Waals surface area (Å²) in [6, 6.07) is -1.25. The van der Waals surface area contributed by atoms with Crippen LogP contribution in [0.2, 0.25) is 0 Å². The molecule has 100 valence electrons. The molecule has 2 amide bonds. The number of amides is 2. The van der Waals surface area contributed by atoms with Crippen LogP contribution in [-0.2, 0) is 9.53 Å². The van der Waals surface area contributed by atoms with Crippen LogP contribution in [0, 0.1) is 0 Å². The summed E-state index contributed by atoms with van der Waals surface area (Å²) in [5, 5.41) is 13.9. The van der Waals surface area contributed by atoms with Crippen molar-refractivity contribution in [3.63, 3.8) is 0 Å². The van der Waals surface area contributed by atoms with Crippen LogP contribution >= 0.6 is 0 Å². The number of hydrogen-bond acceptors (Lipinski definition) is 3. The molecule has 0 radical (unpaired) electrons. The van der Waals surface area contributed by atoms with Gasteiger partial charge in [-0.2, -0.15) is 0 Å². The molecule has 1 atom stereocenters. The molecule has 0 fully saturated rings. The largest absolute Gasteiger partial charge is 0.480 e. The molecule has 0 unspecified atom stereocenters. The minimum absolute atomic E-state index is 0.440. The van der Waals surface area contributed by atoms with Gasteiger partial charge in [0.25, 0.3) is 0 Å². The van der Waals surface area contributed by atoms with E-state index in [0.29, 0.717) is 26.0 Å². The van der Waals surface area contributed by atoms with Crippen LogP contribution in [-0.4, -0.2) is 43.4 Å². The van der Waals surface area contributed by atoms with E-state index in [1.54, 1.807) is 7.11 Å². The first-order chi connectivity index (χ1) is 8.11. The van der Waals surface area contributed by atoms with E-state index >= 15 is 0 Å². The van der Waals surface area contributed by atoms with E-state index in [9.17, 15) is 9.59 Å². The summed E-state index contributed by atoms with van der Waals surface area (Å²) in [6.45, 7) is 3.02. The van der Waals surface area contributed by atoms with Crippen LogP contribution in [0.4, 0.5) is 4.79 Å². The molecule has 0 aromatic heterocycles. The van der Waals surface area contributed by atoms with Crippen LogP contribution in [0.3, 0.4) is 0 Å². The summed E-state index contributed by atoms with van der Waals surface area (Å²) in [4.78, 5) is 22.2. The van der Waals surface area contributed by atoms with Crippen molar-refractivity contribution in [2.45, 2.75) is 38.6 Å². The normalized spacial score (nSPS) is 11.9. The predicted molar refractivity (Wildman–Crippen MR) is 64.0 cm³/mol. The van der Waals surface area contributed by atoms with Gasteiger partial charge >= 0.3 is 12.0 Å². The zero-order chi connectivity index (χ0) is 13.1. The zero-order valence-corrected chi connectivity index (χ0v) is 10.5. The van der Waals surface area contributed by atoms with Crippen molar-refractivity contribution in [1.29, 1.82) is 0 Å². The van der Waals surface area contributed by atoms with Crippen molar-refractivity contribution in [2.75, 3.05) is 20.3 Å². The van der Waals surface area contributed by atoms with Crippen molar-refractivity contribution < 1.29 is 19.4 Å². The molecule has 0 aliphatic carbocycles. The summed E-state index contributed by atoms with van der Waals surface area (Å²) in [6.07, 6.45) is 2.84. The second-order valence-electron chi connectivity index (χ2n) is 3.78. The number of urea groups is 1. The first-order valence-electron chi connectivity index (χ1n) is 5.88. The predicted octanol–water partition coefficient (Wildman–Crippen LogP) is 0.965. The lowest BCUT2D eigenvalue weighted by Crippen LogP contribution is -2.46. The topological polar surface area (TPSA) is 87.7 Å². The van der Waals surface area contributed by atoms with Gasteiger partial charge in [-0.3, -0.25) is 0 Å². The molecule has 0 saturated heterocycles. The van der Waals surface area contributed by atoms with E-state index in [1.165, 1.54) is 0 Å². The van der Waals surface area contributed by atoms with Gasteiger partial charge in [-0.1, -0.05) is 19.8 Å². The van der Waals surface area contributed by atoms with Gasteiger partial charge in [0.2, 0.25) is 0 Å². The Morgan fingerprint density at radius 1 is 1.35 bits per heavy atom. The SMILES string of the molecule is CCCC[C@H](NC(=O)NCCCOC)C(=O)O. The van der Waals surface area contributed by atoms with Crippen LogP contribution < -0.4 is 10.6 Å². The number of hydrogen-bond donors (Lipinski definition) is 3. The van der Waals surface area contributed by atoms with Gasteiger partial charge in [-0.05, 0) is 12.8 Å². The number of nitrogens with one attached hydrogen (secondary N) is 2. The Morgan fingerprint density at radius 3 is 2.59 bits per heavy atom. The first-order valence-corrected chi connectivity index (χ1v) is 5.88. The monoisotopic (exact) mass is 246 g/mol. The van der Waals surface area contributed by atoms with Crippen molar-refractivity contribution in [1.82, 2.24) is 10.6 Å². The van der Waals surface area contributed by atoms with Crippen LogP contribution in [0.25, 0.3) is 0 Å². The standard InChI is InChI=1S/C11H22N2O4/c1-3-4-6-9(10(14)15)13-11(16)12-7-5-8-17-2/h9H,3-8H2,1-2H3,(H,14,15)(H2,12,13,16)/t9-/m0/s1. The fraction of sp³-hybridized carbons (Fsp3) is 0.818. The summed E-state index contributed by atoms with van der Waals surface area (Å²) in [7, 11) is 1.59. The van der Waals surface area contributed by atoms with Crippen molar-refractivity contribution in [3.8, 4) is 0 Å². The highest BCUT2D eigenvalue weighted by Crippen LogP contribution is 2.00. The molecular weight excluding hydrogens is 224 g/mol. The molecule has 0 heterocycles. The fourth-order valence-electron chi connectivity index (χ4n) is 1.29. The van der Waals surface area contributed by atoms with E-state index in [2.05, 4.69) is 10.6 Å². The second-order valence-corrected chi connectivity index (χ2v) is 3.78. The van der Waals surface area contributed by atoms with E-state index in [-0.39, 0.29) is 0 Å². The summed E-state index contributed by atoms with van der Waals surface area (Å²) >= 11 is 0. The molecule has 6 nitrogen and oxygen atoms in total. The van der Waals surface area contributed by atoms with E-state index in [1.807, 2.05) is 6.92 Å². The van der Waals surface area contributed by atoms with E-state index in [0.717, 1.165) is 12.8 Å². The van der Waals surface area contributed by atoms with Gasteiger partial charge < -0.3 is 20.5 Å². The lowest BCUT2D eigenvalue weighted by Gasteiger charge is -2.14. The number of carboxylic acid groups (broad SMARTS) is 1. The molecule has 0 spiro atoms. The number of methoxy groups -OCH3 is 1. The summed E-state index contributed by atoms with van der Waals surface area (Å²) in [5.41, 5.74) is 0. The number of unbranched alkanes of at least 4 members (excludes halogenated alkanes) is 1. The highest BCUT2D eigenvalue weighted by atomic mass is 16.5. The molecule has 3 N–H and O–H groups in total. The average molecular weight is 246 g/mol. The number of rotatable bonds is 9. The third-order valence-electron chi connectivity index (χ3n) is 2.26. The molecule has 0 aromatic carbocycles. The van der Waals surface area contributed by atoms with E-state index < -0.39 is 18.0 Å². The lowest BCUT2D eigenvalue weighted by molar-refractivity contribution is -0.139. The molecule has 0 aliphatic heterocycles. The molecule has 0 bridgehead atoms. The summed E-state index contributed by atoms with van der Waals surface area (Å²) in [5.74, 6) is -0.995. The number of ether oxygens (including phenoxy) is 1. The number of aliphatic carboxylic acids is 1. The van der Waals surface area contributed by atoms with Crippen molar-refractivity contribution >= 4 is 12.0 Å². The van der Waals surface area contributed by atoms with Gasteiger partial charge in [0.05, 0.1) is 0 Å². The Bertz CT molecular complexity index is 234. The van der Waals surface area contributed by atoms with Crippen molar-refractivity contribution in [3.05, 3.63) is 0 Å². The Balaban J connectivity index is 3.83. The van der Waals surface area contributed by atoms with Crippen LogP contribution in [0.5, 0.6) is 0 Å². The molecule has 0 saturated carbocycles. The smallest absolute Gasteiger partial charge is 0.326 e. The maximum Gasteiger partial charge on any atom is 0.326 e. The second kappa shape index (κ2) is 9.89. The van der Waals surface area contributed by atoms with Crippen LogP contribution in [0.15, 0.2) is 0 Å². The Hall–Kier alpha value is -1.30. The minimum Gasteiger partial charge on any atom is -0.480 e. The van der Waals surface area contributed by atoms with Crippen LogP contribution in [0.1, 0.15) is 32.6 Å². The van der Waals surface area contributed by atoms with Gasteiger partial charge in [0.1, 0.15) is 6.04 Å². The average Bonchev–Trinajstić information content (AvgIpc) is 2.29. The van der Waals surface area contributed by atoms with Gasteiger partial charge in [0.15, 0.2) is 0 Å². The minimum atomic E-state index is -0.995. The van der Waals surface area contributed by atoms with Gasteiger partial charge in [0, 0.05) is 20.3 Å². The molecular formula is C11H22N2O4. The Kier molecular flexibility index (Phi) is 9.14.